The second-order valence-corrected chi connectivity index (χ2v) is 6.93. The molecule has 0 atom stereocenters. The van der Waals surface area contributed by atoms with Gasteiger partial charge in [0.1, 0.15) is 10.7 Å². The number of carbonyl (C=O) groups is 2. The molecule has 138 valence electrons. The van der Waals surface area contributed by atoms with Crippen molar-refractivity contribution in [1.82, 2.24) is 10.3 Å². The number of hydrogen-bond acceptors (Lipinski definition) is 4. The van der Waals surface area contributed by atoms with Gasteiger partial charge < -0.3 is 10.6 Å². The van der Waals surface area contributed by atoms with Crippen molar-refractivity contribution >= 4 is 28.8 Å². The van der Waals surface area contributed by atoms with Gasteiger partial charge in [0, 0.05) is 17.8 Å². The van der Waals surface area contributed by atoms with Gasteiger partial charge in [0.15, 0.2) is 0 Å². The number of benzene rings is 2. The number of nitrogens with zero attached hydrogens (tertiary/aromatic N) is 1. The monoisotopic (exact) mass is 383 g/mol. The molecule has 0 saturated heterocycles. The van der Waals surface area contributed by atoms with Crippen molar-refractivity contribution in [3.05, 3.63) is 81.6 Å². The van der Waals surface area contributed by atoms with E-state index in [-0.39, 0.29) is 11.5 Å². The number of thiazole rings is 1. The predicted molar refractivity (Wildman–Crippen MR) is 103 cm³/mol. The maximum atomic E-state index is 13.2. The van der Waals surface area contributed by atoms with Crippen molar-refractivity contribution in [3.8, 4) is 0 Å². The third-order valence-electron chi connectivity index (χ3n) is 3.80. The van der Waals surface area contributed by atoms with E-state index in [1.807, 2.05) is 13.0 Å². The molecule has 27 heavy (non-hydrogen) atoms. The molecular formula is C20H18FN3O2S. The van der Waals surface area contributed by atoms with E-state index in [9.17, 15) is 14.0 Å². The summed E-state index contributed by atoms with van der Waals surface area (Å²) in [4.78, 5) is 29.1. The van der Waals surface area contributed by atoms with Crippen molar-refractivity contribution in [2.75, 3.05) is 5.32 Å². The first-order valence-electron chi connectivity index (χ1n) is 8.44. The van der Waals surface area contributed by atoms with E-state index >= 15 is 0 Å². The van der Waals surface area contributed by atoms with Crippen LogP contribution >= 0.6 is 11.3 Å². The Labute approximate surface area is 160 Å². The summed E-state index contributed by atoms with van der Waals surface area (Å²) in [6, 6.07) is 12.6. The molecule has 2 amide bonds. The molecule has 0 spiro atoms. The van der Waals surface area contributed by atoms with Crippen LogP contribution in [0.2, 0.25) is 0 Å². The second kappa shape index (κ2) is 8.55. The molecule has 0 saturated carbocycles. The van der Waals surface area contributed by atoms with Gasteiger partial charge in [-0.3, -0.25) is 9.59 Å². The average molecular weight is 383 g/mol. The number of halogens is 1. The van der Waals surface area contributed by atoms with Crippen LogP contribution in [0.3, 0.4) is 0 Å². The van der Waals surface area contributed by atoms with E-state index in [1.165, 1.54) is 29.5 Å². The van der Waals surface area contributed by atoms with Crippen LogP contribution in [0, 0.1) is 5.82 Å². The van der Waals surface area contributed by atoms with Crippen molar-refractivity contribution in [3.63, 3.8) is 0 Å². The first kappa shape index (κ1) is 18.7. The molecule has 0 radical (unpaired) electrons. The minimum Gasteiger partial charge on any atom is -0.347 e. The lowest BCUT2D eigenvalue weighted by molar-refractivity contribution is 0.0953. The fourth-order valence-corrected chi connectivity index (χ4v) is 3.21. The lowest BCUT2D eigenvalue weighted by Crippen LogP contribution is -2.22. The molecule has 0 bridgehead atoms. The third-order valence-corrected chi connectivity index (χ3v) is 4.94. The highest BCUT2D eigenvalue weighted by Crippen LogP contribution is 2.15. The maximum Gasteiger partial charge on any atom is 0.263 e. The summed E-state index contributed by atoms with van der Waals surface area (Å²) in [5.41, 5.74) is 1.65. The Kier molecular flexibility index (Phi) is 5.93. The Morgan fingerprint density at radius 1 is 1.11 bits per heavy atom. The van der Waals surface area contributed by atoms with Crippen LogP contribution < -0.4 is 10.6 Å². The second-order valence-electron chi connectivity index (χ2n) is 5.82. The van der Waals surface area contributed by atoms with Crippen LogP contribution in [-0.4, -0.2) is 16.8 Å². The van der Waals surface area contributed by atoms with Crippen LogP contribution in [-0.2, 0) is 13.0 Å². The fraction of sp³-hybridized carbons (Fsp3) is 0.150. The molecule has 2 aromatic carbocycles. The van der Waals surface area contributed by atoms with Crippen molar-refractivity contribution in [1.29, 1.82) is 0 Å². The Morgan fingerprint density at radius 3 is 2.67 bits per heavy atom. The molecule has 0 fully saturated rings. The van der Waals surface area contributed by atoms with Crippen molar-refractivity contribution in [2.24, 2.45) is 0 Å². The van der Waals surface area contributed by atoms with Gasteiger partial charge in [-0.15, -0.1) is 11.3 Å². The van der Waals surface area contributed by atoms with Crippen molar-refractivity contribution < 1.29 is 14.0 Å². The van der Waals surface area contributed by atoms with Crippen molar-refractivity contribution in [2.45, 2.75) is 19.9 Å². The number of aryl methyl sites for hydroxylation is 1. The number of carbonyl (C=O) groups excluding carboxylic acids is 2. The quantitative estimate of drug-likeness (QED) is 0.675. The molecular weight excluding hydrogens is 365 g/mol. The standard InChI is InChI=1S/C20H18FN3O2S/c1-2-18-22-12-17(27-18)20(26)23-11-13-5-3-8-16(9-13)24-19(25)14-6-4-7-15(21)10-14/h3-10,12H,2,11H2,1H3,(H,23,26)(H,24,25). The topological polar surface area (TPSA) is 71.1 Å². The maximum absolute atomic E-state index is 13.2. The number of nitrogens with one attached hydrogen (secondary N) is 2. The molecule has 0 aliphatic rings. The van der Waals surface area contributed by atoms with E-state index < -0.39 is 11.7 Å². The zero-order chi connectivity index (χ0) is 19.2. The summed E-state index contributed by atoms with van der Waals surface area (Å²) >= 11 is 1.38. The lowest BCUT2D eigenvalue weighted by atomic mass is 10.1. The number of anilines is 1. The largest absolute Gasteiger partial charge is 0.347 e. The van der Waals surface area contributed by atoms with E-state index in [1.54, 1.807) is 30.5 Å². The van der Waals surface area contributed by atoms with E-state index in [0.717, 1.165) is 17.0 Å². The summed E-state index contributed by atoms with van der Waals surface area (Å²) in [6.45, 7) is 2.31. The first-order valence-corrected chi connectivity index (χ1v) is 9.25. The first-order chi connectivity index (χ1) is 13.0. The van der Waals surface area contributed by atoms with Gasteiger partial charge in [-0.2, -0.15) is 0 Å². The molecule has 0 unspecified atom stereocenters. The van der Waals surface area contributed by atoms with Crippen LogP contribution in [0.1, 0.15) is 37.5 Å². The summed E-state index contributed by atoms with van der Waals surface area (Å²) in [5.74, 6) is -1.04. The molecule has 3 rings (SSSR count). The number of hydrogen-bond donors (Lipinski definition) is 2. The Morgan fingerprint density at radius 2 is 1.93 bits per heavy atom. The molecule has 5 nitrogen and oxygen atoms in total. The van der Waals surface area contributed by atoms with Crippen LogP contribution in [0.25, 0.3) is 0 Å². The Balaban J connectivity index is 1.61. The number of aromatic nitrogens is 1. The zero-order valence-electron chi connectivity index (χ0n) is 14.7. The van der Waals surface area contributed by atoms with Gasteiger partial charge in [0.25, 0.3) is 11.8 Å². The molecule has 0 aliphatic heterocycles. The smallest absolute Gasteiger partial charge is 0.263 e. The molecule has 0 aliphatic carbocycles. The summed E-state index contributed by atoms with van der Waals surface area (Å²) in [5, 5.41) is 6.49. The minimum atomic E-state index is -0.464. The third kappa shape index (κ3) is 4.98. The van der Waals surface area contributed by atoms with Gasteiger partial charge in [-0.05, 0) is 42.3 Å². The Bertz CT molecular complexity index is 971. The highest BCUT2D eigenvalue weighted by atomic mass is 32.1. The van der Waals surface area contributed by atoms with Gasteiger partial charge in [-0.1, -0.05) is 25.1 Å². The summed E-state index contributed by atoms with van der Waals surface area (Å²) < 4.78 is 13.2. The highest BCUT2D eigenvalue weighted by Gasteiger charge is 2.10. The van der Waals surface area contributed by atoms with Crippen LogP contribution in [0.4, 0.5) is 10.1 Å². The summed E-state index contributed by atoms with van der Waals surface area (Å²) in [7, 11) is 0. The lowest BCUT2D eigenvalue weighted by Gasteiger charge is -2.08. The normalized spacial score (nSPS) is 10.4. The van der Waals surface area contributed by atoms with Crippen LogP contribution in [0.5, 0.6) is 0 Å². The van der Waals surface area contributed by atoms with Gasteiger partial charge in [0.05, 0.1) is 11.2 Å². The van der Waals surface area contributed by atoms with Crippen LogP contribution in [0.15, 0.2) is 54.7 Å². The highest BCUT2D eigenvalue weighted by molar-refractivity contribution is 7.13. The van der Waals surface area contributed by atoms with E-state index in [0.29, 0.717) is 17.1 Å². The molecule has 2 N–H and O–H groups in total. The Hall–Kier alpha value is -3.06. The molecule has 1 aromatic heterocycles. The van der Waals surface area contributed by atoms with E-state index in [4.69, 9.17) is 0 Å². The van der Waals surface area contributed by atoms with Gasteiger partial charge in [-0.25, -0.2) is 9.37 Å². The number of rotatable bonds is 6. The SMILES string of the molecule is CCc1ncc(C(=O)NCc2cccc(NC(=O)c3cccc(F)c3)c2)s1. The molecule has 1 heterocycles. The van der Waals surface area contributed by atoms with E-state index in [2.05, 4.69) is 15.6 Å². The van der Waals surface area contributed by atoms with Gasteiger partial charge >= 0.3 is 0 Å². The zero-order valence-corrected chi connectivity index (χ0v) is 15.5. The predicted octanol–water partition coefficient (Wildman–Crippen LogP) is 4.03. The average Bonchev–Trinajstić information content (AvgIpc) is 3.16. The van der Waals surface area contributed by atoms with Gasteiger partial charge in [0.2, 0.25) is 0 Å². The fourth-order valence-electron chi connectivity index (χ4n) is 2.44. The molecule has 3 aromatic rings. The minimum absolute atomic E-state index is 0.179. The molecule has 7 heteroatoms. The number of amides is 2. The summed E-state index contributed by atoms with van der Waals surface area (Å²) in [6.07, 6.45) is 2.37.